The highest BCUT2D eigenvalue weighted by molar-refractivity contribution is 7.98. The summed E-state index contributed by atoms with van der Waals surface area (Å²) >= 11 is 14.1. The zero-order valence-electron chi connectivity index (χ0n) is 18.2. The number of benzene rings is 2. The maximum absolute atomic E-state index is 13.3. The summed E-state index contributed by atoms with van der Waals surface area (Å²) in [6, 6.07) is 11.2. The molecule has 1 fully saturated rings. The summed E-state index contributed by atoms with van der Waals surface area (Å²) in [5.74, 6) is 0.991. The fraction of sp³-hybridized carbons (Fsp3) is 0.375. The lowest BCUT2D eigenvalue weighted by Gasteiger charge is -2.23. The summed E-state index contributed by atoms with van der Waals surface area (Å²) in [5, 5.41) is 13.5. The van der Waals surface area contributed by atoms with Crippen LogP contribution in [0, 0.1) is 11.7 Å². The molecule has 1 aliphatic rings. The van der Waals surface area contributed by atoms with Crippen LogP contribution in [0.3, 0.4) is 0 Å². The smallest absolute Gasteiger partial charge is 0.223 e. The summed E-state index contributed by atoms with van der Waals surface area (Å²) in [7, 11) is 0. The minimum absolute atomic E-state index is 0.0454. The standard InChI is InChI=1S/C24H25Cl2FN4OS/c1-15(28-23(32)17-5-3-2-4-6-17)22-29-30-24(33-14-16-7-10-19(27)11-8-16)31(22)21-12-9-18(25)13-20(21)26/h7-13,15,17H,2-6,14H2,1H3,(H,28,32). The molecule has 0 aliphatic heterocycles. The largest absolute Gasteiger partial charge is 0.346 e. The lowest BCUT2D eigenvalue weighted by atomic mass is 9.88. The number of halogens is 3. The molecule has 1 aromatic heterocycles. The number of hydrogen-bond donors (Lipinski definition) is 1. The zero-order valence-corrected chi connectivity index (χ0v) is 20.6. The Morgan fingerprint density at radius 3 is 2.58 bits per heavy atom. The Labute approximate surface area is 207 Å². The number of nitrogens with zero attached hydrogens (tertiary/aromatic N) is 3. The van der Waals surface area contributed by atoms with Crippen molar-refractivity contribution in [2.45, 2.75) is 56.0 Å². The van der Waals surface area contributed by atoms with Gasteiger partial charge in [0.25, 0.3) is 0 Å². The Balaban J connectivity index is 1.61. The van der Waals surface area contributed by atoms with E-state index >= 15 is 0 Å². The molecule has 5 nitrogen and oxygen atoms in total. The van der Waals surface area contributed by atoms with Crippen molar-refractivity contribution in [1.82, 2.24) is 20.1 Å². The minimum atomic E-state index is -0.362. The van der Waals surface area contributed by atoms with Gasteiger partial charge in [0, 0.05) is 16.7 Å². The van der Waals surface area contributed by atoms with Crippen molar-refractivity contribution in [2.75, 3.05) is 0 Å². The molecule has 4 rings (SSSR count). The highest BCUT2D eigenvalue weighted by Gasteiger charge is 2.26. The van der Waals surface area contributed by atoms with E-state index in [1.54, 1.807) is 24.3 Å². The van der Waals surface area contributed by atoms with Crippen molar-refractivity contribution in [3.8, 4) is 5.69 Å². The second-order valence-corrected chi connectivity index (χ2v) is 10.0. The van der Waals surface area contributed by atoms with Gasteiger partial charge in [-0.05, 0) is 55.7 Å². The number of amides is 1. The Morgan fingerprint density at radius 1 is 1.15 bits per heavy atom. The van der Waals surface area contributed by atoms with Gasteiger partial charge in [-0.25, -0.2) is 4.39 Å². The molecule has 1 saturated carbocycles. The molecule has 174 valence electrons. The van der Waals surface area contributed by atoms with Gasteiger partial charge >= 0.3 is 0 Å². The van der Waals surface area contributed by atoms with Crippen LogP contribution >= 0.6 is 35.0 Å². The molecule has 1 amide bonds. The van der Waals surface area contributed by atoms with Crippen LogP contribution in [0.1, 0.15) is 56.5 Å². The molecule has 1 aliphatic carbocycles. The fourth-order valence-corrected chi connectivity index (χ4v) is 5.43. The molecule has 0 spiro atoms. The highest BCUT2D eigenvalue weighted by Crippen LogP contribution is 2.33. The van der Waals surface area contributed by atoms with Gasteiger partial charge in [-0.2, -0.15) is 0 Å². The molecule has 1 heterocycles. The lowest BCUT2D eigenvalue weighted by Crippen LogP contribution is -2.34. The predicted octanol–water partition coefficient (Wildman–Crippen LogP) is 6.76. The van der Waals surface area contributed by atoms with Crippen molar-refractivity contribution < 1.29 is 9.18 Å². The summed E-state index contributed by atoms with van der Waals surface area (Å²) in [6.45, 7) is 1.90. The van der Waals surface area contributed by atoms with Gasteiger partial charge in [-0.3, -0.25) is 9.36 Å². The van der Waals surface area contributed by atoms with Gasteiger partial charge in [0.1, 0.15) is 5.82 Å². The third kappa shape index (κ3) is 5.89. The second kappa shape index (κ2) is 10.9. The summed E-state index contributed by atoms with van der Waals surface area (Å²) < 4.78 is 15.1. The van der Waals surface area contributed by atoms with E-state index in [2.05, 4.69) is 15.5 Å². The van der Waals surface area contributed by atoms with Gasteiger partial charge in [0.15, 0.2) is 11.0 Å². The first-order chi connectivity index (χ1) is 15.9. The van der Waals surface area contributed by atoms with Gasteiger partial charge in [0.2, 0.25) is 5.91 Å². The number of thioether (sulfide) groups is 1. The third-order valence-electron chi connectivity index (χ3n) is 5.81. The molecule has 2 aromatic carbocycles. The van der Waals surface area contributed by atoms with Crippen molar-refractivity contribution in [2.24, 2.45) is 5.92 Å². The maximum Gasteiger partial charge on any atom is 0.223 e. The van der Waals surface area contributed by atoms with Crippen LogP contribution in [0.4, 0.5) is 4.39 Å². The van der Waals surface area contributed by atoms with E-state index in [1.165, 1.54) is 30.3 Å². The summed E-state index contributed by atoms with van der Waals surface area (Å²) in [6.07, 6.45) is 5.22. The molecule has 1 N–H and O–H groups in total. The van der Waals surface area contributed by atoms with E-state index < -0.39 is 0 Å². The molecule has 9 heteroatoms. The minimum Gasteiger partial charge on any atom is -0.346 e. The predicted molar refractivity (Wildman–Crippen MR) is 130 cm³/mol. The van der Waals surface area contributed by atoms with E-state index in [4.69, 9.17) is 23.2 Å². The SMILES string of the molecule is CC(NC(=O)C1CCCCC1)c1nnc(SCc2ccc(F)cc2)n1-c1ccc(Cl)cc1Cl. The van der Waals surface area contributed by atoms with E-state index in [-0.39, 0.29) is 23.7 Å². The van der Waals surface area contributed by atoms with Gasteiger partial charge in [-0.1, -0.05) is 66.4 Å². The first-order valence-electron chi connectivity index (χ1n) is 11.0. The van der Waals surface area contributed by atoms with E-state index in [1.807, 2.05) is 17.6 Å². The maximum atomic E-state index is 13.3. The van der Waals surface area contributed by atoms with Gasteiger partial charge in [-0.15, -0.1) is 10.2 Å². The zero-order chi connectivity index (χ0) is 23.4. The van der Waals surface area contributed by atoms with Crippen LogP contribution < -0.4 is 5.32 Å². The molecule has 33 heavy (non-hydrogen) atoms. The molecule has 3 aromatic rings. The Bertz CT molecular complexity index is 1120. The number of carbonyl (C=O) groups is 1. The fourth-order valence-electron chi connectivity index (χ4n) is 4.03. The molecular formula is C24H25Cl2FN4OS. The first kappa shape index (κ1) is 24.0. The van der Waals surface area contributed by atoms with E-state index in [0.717, 1.165) is 31.2 Å². The summed E-state index contributed by atoms with van der Waals surface area (Å²) in [5.41, 5.74) is 1.64. The van der Waals surface area contributed by atoms with Crippen molar-refractivity contribution in [3.63, 3.8) is 0 Å². The number of rotatable bonds is 7. The van der Waals surface area contributed by atoms with Crippen LogP contribution in [0.2, 0.25) is 10.0 Å². The Hall–Kier alpha value is -2.09. The molecule has 0 saturated heterocycles. The van der Waals surface area contributed by atoms with Crippen molar-refractivity contribution >= 4 is 40.9 Å². The number of aromatic nitrogens is 3. The van der Waals surface area contributed by atoms with Crippen molar-refractivity contribution in [1.29, 1.82) is 0 Å². The molecule has 1 atom stereocenters. The molecule has 1 unspecified atom stereocenters. The normalized spacial score (nSPS) is 15.4. The number of carbonyl (C=O) groups excluding carboxylic acids is 1. The average molecular weight is 507 g/mol. The average Bonchev–Trinajstić information content (AvgIpc) is 3.23. The highest BCUT2D eigenvalue weighted by atomic mass is 35.5. The number of hydrogen-bond acceptors (Lipinski definition) is 4. The molecular weight excluding hydrogens is 482 g/mol. The van der Waals surface area contributed by atoms with E-state index in [9.17, 15) is 9.18 Å². The van der Waals surface area contributed by atoms with Crippen LogP contribution in [-0.4, -0.2) is 20.7 Å². The van der Waals surface area contributed by atoms with Gasteiger partial charge in [0.05, 0.1) is 16.8 Å². The lowest BCUT2D eigenvalue weighted by molar-refractivity contribution is -0.126. The van der Waals surface area contributed by atoms with Gasteiger partial charge < -0.3 is 5.32 Å². The van der Waals surface area contributed by atoms with Crippen LogP contribution in [-0.2, 0) is 10.5 Å². The molecule has 0 radical (unpaired) electrons. The monoisotopic (exact) mass is 506 g/mol. The third-order valence-corrected chi connectivity index (χ3v) is 7.35. The second-order valence-electron chi connectivity index (χ2n) is 8.25. The molecule has 0 bridgehead atoms. The van der Waals surface area contributed by atoms with Crippen LogP contribution in [0.25, 0.3) is 5.69 Å². The topological polar surface area (TPSA) is 59.8 Å². The van der Waals surface area contributed by atoms with Crippen LogP contribution in [0.15, 0.2) is 47.6 Å². The van der Waals surface area contributed by atoms with Crippen molar-refractivity contribution in [3.05, 3.63) is 69.7 Å². The summed E-state index contributed by atoms with van der Waals surface area (Å²) in [4.78, 5) is 12.8. The Morgan fingerprint density at radius 2 is 1.88 bits per heavy atom. The quantitative estimate of drug-likeness (QED) is 0.359. The first-order valence-corrected chi connectivity index (χ1v) is 12.7. The Kier molecular flexibility index (Phi) is 7.94. The van der Waals surface area contributed by atoms with Crippen LogP contribution in [0.5, 0.6) is 0 Å². The van der Waals surface area contributed by atoms with E-state index in [0.29, 0.717) is 32.5 Å². The number of nitrogens with one attached hydrogen (secondary N) is 1.